The fourth-order valence-electron chi connectivity index (χ4n) is 4.13. The Balaban J connectivity index is 0.00000267. The number of rotatable bonds is 6. The second kappa shape index (κ2) is 10.3. The Bertz CT molecular complexity index is 1500. The van der Waals surface area contributed by atoms with Crippen LogP contribution >= 0.6 is 12.4 Å². The zero-order valence-electron chi connectivity index (χ0n) is 19.6. The summed E-state index contributed by atoms with van der Waals surface area (Å²) in [5, 5.41) is 10.8. The van der Waals surface area contributed by atoms with Crippen molar-refractivity contribution in [3.63, 3.8) is 0 Å². The third-order valence-corrected chi connectivity index (χ3v) is 5.95. The van der Waals surface area contributed by atoms with Crippen LogP contribution in [-0.2, 0) is 0 Å². The third kappa shape index (κ3) is 5.00. The second-order valence-corrected chi connectivity index (χ2v) is 8.44. The van der Waals surface area contributed by atoms with E-state index in [9.17, 15) is 0 Å². The molecule has 4 aromatic heterocycles. The molecule has 2 N–H and O–H groups in total. The van der Waals surface area contributed by atoms with E-state index < -0.39 is 0 Å². The first-order chi connectivity index (χ1) is 17.2. The topological polar surface area (TPSA) is 111 Å². The lowest BCUT2D eigenvalue weighted by Crippen LogP contribution is -2.34. The van der Waals surface area contributed by atoms with E-state index in [1.165, 1.54) is 12.7 Å². The lowest BCUT2D eigenvalue weighted by atomic mass is 10.1. The number of pyridine rings is 2. The maximum Gasteiger partial charge on any atom is 0.214 e. The highest BCUT2D eigenvalue weighted by molar-refractivity contribution is 5.87. The number of ether oxygens (including phenoxy) is 2. The zero-order chi connectivity index (χ0) is 23.6. The highest BCUT2D eigenvalue weighted by Gasteiger charge is 2.16. The highest BCUT2D eigenvalue weighted by Crippen LogP contribution is 2.30. The Hall–Kier alpha value is -4.02. The van der Waals surface area contributed by atoms with Crippen LogP contribution in [0.1, 0.15) is 18.4 Å². The van der Waals surface area contributed by atoms with Crippen molar-refractivity contribution >= 4 is 40.6 Å². The van der Waals surface area contributed by atoms with Crippen molar-refractivity contribution in [3.8, 4) is 17.4 Å². The van der Waals surface area contributed by atoms with Crippen LogP contribution in [0.25, 0.3) is 16.7 Å². The smallest absolute Gasteiger partial charge is 0.214 e. The number of piperidine rings is 1. The van der Waals surface area contributed by atoms with Gasteiger partial charge in [0.15, 0.2) is 11.5 Å². The van der Waals surface area contributed by atoms with Crippen molar-refractivity contribution in [1.29, 1.82) is 0 Å². The molecule has 1 aliphatic rings. The van der Waals surface area contributed by atoms with Crippen LogP contribution < -0.4 is 20.1 Å². The van der Waals surface area contributed by atoms with Gasteiger partial charge in [-0.3, -0.25) is 0 Å². The summed E-state index contributed by atoms with van der Waals surface area (Å²) in [7, 11) is 0. The number of fused-ring (bicyclic) bond motifs is 2. The molecule has 10 nitrogen and oxygen atoms in total. The van der Waals surface area contributed by atoms with Gasteiger partial charge in [0.25, 0.3) is 0 Å². The Kier molecular flexibility index (Phi) is 6.79. The number of hydrogen-bond acceptors (Lipinski definition) is 9. The van der Waals surface area contributed by atoms with Gasteiger partial charge in [-0.2, -0.15) is 5.10 Å². The van der Waals surface area contributed by atoms with E-state index in [1.54, 1.807) is 4.52 Å². The van der Waals surface area contributed by atoms with Gasteiger partial charge in [0.1, 0.15) is 35.8 Å². The van der Waals surface area contributed by atoms with Crippen molar-refractivity contribution in [3.05, 3.63) is 66.9 Å². The average Bonchev–Trinajstić information content (AvgIpc) is 3.35. The van der Waals surface area contributed by atoms with Crippen molar-refractivity contribution < 1.29 is 9.47 Å². The fourth-order valence-corrected chi connectivity index (χ4v) is 4.13. The van der Waals surface area contributed by atoms with Gasteiger partial charge in [0.05, 0.1) is 5.52 Å². The molecule has 0 saturated carbocycles. The molecule has 36 heavy (non-hydrogen) atoms. The number of aryl methyl sites for hydroxylation is 1. The van der Waals surface area contributed by atoms with Crippen LogP contribution in [0.4, 0.5) is 11.5 Å². The van der Waals surface area contributed by atoms with Crippen LogP contribution in [0, 0.1) is 6.92 Å². The summed E-state index contributed by atoms with van der Waals surface area (Å²) in [6.45, 7) is 3.92. The molecule has 0 aliphatic carbocycles. The van der Waals surface area contributed by atoms with Gasteiger partial charge in [-0.25, -0.2) is 24.5 Å². The molecule has 5 heterocycles. The number of hydrogen-bond donors (Lipinski definition) is 2. The highest BCUT2D eigenvalue weighted by atomic mass is 35.5. The first-order valence-corrected chi connectivity index (χ1v) is 11.6. The summed E-state index contributed by atoms with van der Waals surface area (Å²) in [6, 6.07) is 13.4. The summed E-state index contributed by atoms with van der Waals surface area (Å²) in [4.78, 5) is 17.7. The molecule has 0 amide bonds. The van der Waals surface area contributed by atoms with Crippen LogP contribution in [0.15, 0.2) is 61.3 Å². The molecule has 0 bridgehead atoms. The largest absolute Gasteiger partial charge is 0.474 e. The molecule has 1 aromatic carbocycles. The van der Waals surface area contributed by atoms with E-state index >= 15 is 0 Å². The standard InChI is InChI=1S/C25H24N8O2.ClH/c1-16-12-17(2-4-21(16)34-19-8-11-33-22(13-19)28-15-30-33)31-25-24-20(27-14-29-25)3-5-23(32-24)35-18-6-9-26-10-7-18;/h2-5,8,11-15,18,26H,6-7,9-10H2,1H3,(H,27,29,31);1H. The minimum absolute atomic E-state index is 0. The number of aromatic nitrogens is 6. The number of nitrogens with one attached hydrogen (secondary N) is 2. The van der Waals surface area contributed by atoms with Crippen molar-refractivity contribution in [2.24, 2.45) is 0 Å². The molecule has 0 radical (unpaired) electrons. The molecule has 11 heteroatoms. The number of halogens is 1. The van der Waals surface area contributed by atoms with Gasteiger partial charge in [-0.05, 0) is 68.8 Å². The Labute approximate surface area is 213 Å². The van der Waals surface area contributed by atoms with Crippen LogP contribution in [-0.4, -0.2) is 48.7 Å². The average molecular weight is 505 g/mol. The van der Waals surface area contributed by atoms with Crippen molar-refractivity contribution in [2.45, 2.75) is 25.9 Å². The molecule has 0 atom stereocenters. The summed E-state index contributed by atoms with van der Waals surface area (Å²) in [5.41, 5.74) is 3.98. The normalized spacial score (nSPS) is 13.9. The lowest BCUT2D eigenvalue weighted by Gasteiger charge is -2.23. The van der Waals surface area contributed by atoms with E-state index in [4.69, 9.17) is 14.5 Å². The van der Waals surface area contributed by atoms with Crippen LogP contribution in [0.3, 0.4) is 0 Å². The van der Waals surface area contributed by atoms with Crippen LogP contribution in [0.5, 0.6) is 17.4 Å². The van der Waals surface area contributed by atoms with E-state index in [0.29, 0.717) is 23.0 Å². The number of nitrogens with zero attached hydrogens (tertiary/aromatic N) is 6. The summed E-state index contributed by atoms with van der Waals surface area (Å²) in [5.74, 6) is 2.66. The van der Waals surface area contributed by atoms with Gasteiger partial charge in [0, 0.05) is 24.0 Å². The fraction of sp³-hybridized carbons (Fsp3) is 0.240. The molecule has 0 spiro atoms. The SMILES string of the molecule is Cc1cc(Nc2ncnc3ccc(OC4CCNCC4)nc23)ccc1Oc1ccn2ncnc2c1.Cl. The van der Waals surface area contributed by atoms with E-state index in [1.807, 2.05) is 55.6 Å². The minimum Gasteiger partial charge on any atom is -0.474 e. The van der Waals surface area contributed by atoms with E-state index in [-0.39, 0.29) is 18.5 Å². The first-order valence-electron chi connectivity index (χ1n) is 11.6. The number of anilines is 2. The predicted octanol–water partition coefficient (Wildman–Crippen LogP) is 4.46. The van der Waals surface area contributed by atoms with Gasteiger partial charge < -0.3 is 20.1 Å². The summed E-state index contributed by atoms with van der Waals surface area (Å²) < 4.78 is 13.9. The molecule has 5 aromatic rings. The zero-order valence-corrected chi connectivity index (χ0v) is 20.4. The molecule has 6 rings (SSSR count). The molecule has 0 unspecified atom stereocenters. The van der Waals surface area contributed by atoms with Crippen molar-refractivity contribution in [2.75, 3.05) is 18.4 Å². The van der Waals surface area contributed by atoms with Gasteiger partial charge in [-0.15, -0.1) is 12.4 Å². The minimum atomic E-state index is 0. The van der Waals surface area contributed by atoms with Crippen LogP contribution in [0.2, 0.25) is 0 Å². The molecule has 1 saturated heterocycles. The van der Waals surface area contributed by atoms with E-state index in [2.05, 4.69) is 30.7 Å². The monoisotopic (exact) mass is 504 g/mol. The lowest BCUT2D eigenvalue weighted by molar-refractivity contribution is 0.156. The molecular formula is C25H25ClN8O2. The first kappa shape index (κ1) is 23.7. The summed E-state index contributed by atoms with van der Waals surface area (Å²) in [6.07, 6.45) is 6.97. The number of benzene rings is 1. The molecule has 1 fully saturated rings. The quantitative estimate of drug-likeness (QED) is 0.346. The third-order valence-electron chi connectivity index (χ3n) is 5.95. The maximum atomic E-state index is 6.12. The summed E-state index contributed by atoms with van der Waals surface area (Å²) >= 11 is 0. The Morgan fingerprint density at radius 3 is 2.75 bits per heavy atom. The van der Waals surface area contributed by atoms with Gasteiger partial charge in [0.2, 0.25) is 5.88 Å². The second-order valence-electron chi connectivity index (χ2n) is 8.44. The Morgan fingerprint density at radius 2 is 1.89 bits per heavy atom. The maximum absolute atomic E-state index is 6.12. The predicted molar refractivity (Wildman–Crippen MR) is 139 cm³/mol. The molecular weight excluding hydrogens is 480 g/mol. The van der Waals surface area contributed by atoms with Crippen molar-refractivity contribution in [1.82, 2.24) is 34.9 Å². The van der Waals surface area contributed by atoms with E-state index in [0.717, 1.165) is 54.1 Å². The van der Waals surface area contributed by atoms with Gasteiger partial charge >= 0.3 is 0 Å². The molecule has 1 aliphatic heterocycles. The Morgan fingerprint density at radius 1 is 1.00 bits per heavy atom. The molecule has 184 valence electrons. The van der Waals surface area contributed by atoms with Gasteiger partial charge in [-0.1, -0.05) is 0 Å².